The van der Waals surface area contributed by atoms with Crippen molar-refractivity contribution in [3.8, 4) is 33.4 Å². The molecule has 0 amide bonds. The van der Waals surface area contributed by atoms with E-state index in [0.29, 0.717) is 13.2 Å². The van der Waals surface area contributed by atoms with E-state index in [-0.39, 0.29) is 0 Å². The Morgan fingerprint density at radius 1 is 0.592 bits per heavy atom. The van der Waals surface area contributed by atoms with Gasteiger partial charge in [0.1, 0.15) is 24.7 Å². The molecule has 6 heteroatoms. The molecule has 0 unspecified atom stereocenters. The van der Waals surface area contributed by atoms with Crippen molar-refractivity contribution >= 4 is 28.4 Å². The number of nitrogens with zero attached hydrogens (tertiary/aromatic N) is 1. The maximum Gasteiger partial charge on any atom is 0.180 e. The number of hydrogen-bond donors (Lipinski definition) is 0. The molecule has 0 bridgehead atoms. The molecule has 0 atom stereocenters. The molecule has 0 saturated heterocycles. The van der Waals surface area contributed by atoms with Crippen LogP contribution in [0.2, 0.25) is 0 Å². The van der Waals surface area contributed by atoms with Crippen molar-refractivity contribution in [1.29, 1.82) is 0 Å². The monoisotopic (exact) mass is 683 g/mol. The standard InChI is InChI=1S/C43H57NO4S/c1-6-8-10-12-14-16-26-45-37-22-24-39(32(3)30-37)44(40-25-23-38(31-33(40)4)46-27-17-15-13-11-9-7-2)36-20-18-35(19-21-36)43-42-41(34(5)49-43)47-28-29-48-42/h18-25,30-31H,6-17,26-29H2,1-5H3. The first-order valence-electron chi connectivity index (χ1n) is 18.8. The van der Waals surface area contributed by atoms with Crippen LogP contribution in [0.25, 0.3) is 10.4 Å². The predicted molar refractivity (Wildman–Crippen MR) is 207 cm³/mol. The number of aryl methyl sites for hydroxylation is 3. The maximum absolute atomic E-state index is 6.21. The fourth-order valence-electron chi connectivity index (χ4n) is 6.54. The minimum Gasteiger partial charge on any atom is -0.494 e. The molecule has 1 aromatic heterocycles. The zero-order valence-corrected chi connectivity index (χ0v) is 31.4. The summed E-state index contributed by atoms with van der Waals surface area (Å²) < 4.78 is 24.4. The lowest BCUT2D eigenvalue weighted by atomic mass is 10.1. The van der Waals surface area contributed by atoms with Gasteiger partial charge >= 0.3 is 0 Å². The lowest BCUT2D eigenvalue weighted by molar-refractivity contribution is 0.173. The predicted octanol–water partition coefficient (Wildman–Crippen LogP) is 13.1. The van der Waals surface area contributed by atoms with E-state index in [0.717, 1.165) is 81.4 Å². The fraction of sp³-hybridized carbons (Fsp3) is 0.488. The van der Waals surface area contributed by atoms with Crippen molar-refractivity contribution in [2.45, 2.75) is 112 Å². The second-order valence-electron chi connectivity index (χ2n) is 13.4. The number of anilines is 3. The van der Waals surface area contributed by atoms with Crippen molar-refractivity contribution < 1.29 is 18.9 Å². The van der Waals surface area contributed by atoms with E-state index < -0.39 is 0 Å². The van der Waals surface area contributed by atoms with Gasteiger partial charge in [-0.3, -0.25) is 0 Å². The molecule has 1 aliphatic rings. The molecule has 0 N–H and O–H groups in total. The molecule has 0 saturated carbocycles. The molecule has 1 aliphatic heterocycles. The van der Waals surface area contributed by atoms with Gasteiger partial charge < -0.3 is 23.8 Å². The zero-order chi connectivity index (χ0) is 34.4. The third-order valence-corrected chi connectivity index (χ3v) is 10.4. The van der Waals surface area contributed by atoms with Gasteiger partial charge in [0.25, 0.3) is 0 Å². The molecule has 264 valence electrons. The van der Waals surface area contributed by atoms with Crippen molar-refractivity contribution in [3.05, 3.63) is 76.7 Å². The summed E-state index contributed by atoms with van der Waals surface area (Å²) in [4.78, 5) is 4.63. The van der Waals surface area contributed by atoms with E-state index in [4.69, 9.17) is 18.9 Å². The highest BCUT2D eigenvalue weighted by Crippen LogP contribution is 2.49. The Hall–Kier alpha value is -3.64. The second kappa shape index (κ2) is 18.9. The smallest absolute Gasteiger partial charge is 0.180 e. The van der Waals surface area contributed by atoms with Crippen molar-refractivity contribution in [3.63, 3.8) is 0 Å². The maximum atomic E-state index is 6.21. The molecule has 5 nitrogen and oxygen atoms in total. The van der Waals surface area contributed by atoms with Crippen molar-refractivity contribution in [2.75, 3.05) is 31.3 Å². The minimum atomic E-state index is 0.581. The third-order valence-electron chi connectivity index (χ3n) is 9.30. The highest BCUT2D eigenvalue weighted by Gasteiger charge is 2.24. The van der Waals surface area contributed by atoms with Gasteiger partial charge in [-0.25, -0.2) is 0 Å². The van der Waals surface area contributed by atoms with Gasteiger partial charge in [-0.2, -0.15) is 0 Å². The summed E-state index contributed by atoms with van der Waals surface area (Å²) in [6.45, 7) is 13.7. The molecule has 0 aliphatic carbocycles. The Morgan fingerprint density at radius 2 is 1.08 bits per heavy atom. The van der Waals surface area contributed by atoms with Gasteiger partial charge in [0, 0.05) is 21.9 Å². The molecule has 2 heterocycles. The number of benzene rings is 3. The molecule has 0 fully saturated rings. The summed E-state index contributed by atoms with van der Waals surface area (Å²) in [5.74, 6) is 3.62. The van der Waals surface area contributed by atoms with Crippen LogP contribution in [0.4, 0.5) is 17.1 Å². The van der Waals surface area contributed by atoms with Gasteiger partial charge in [0.2, 0.25) is 0 Å². The van der Waals surface area contributed by atoms with Crippen molar-refractivity contribution in [1.82, 2.24) is 0 Å². The first-order valence-corrected chi connectivity index (χ1v) is 19.6. The van der Waals surface area contributed by atoms with Crippen molar-refractivity contribution in [2.24, 2.45) is 0 Å². The Kier molecular flexibility index (Phi) is 14.2. The SMILES string of the molecule is CCCCCCCCOc1ccc(N(c2ccc(-c3sc(C)c4c3OCCO4)cc2)c2ccc(OCCCCCCCC)cc2C)c(C)c1. The average Bonchev–Trinajstić information content (AvgIpc) is 3.45. The molecule has 5 rings (SSSR count). The van der Waals surface area contributed by atoms with Crippen LogP contribution in [0.5, 0.6) is 23.0 Å². The van der Waals surface area contributed by atoms with E-state index >= 15 is 0 Å². The summed E-state index contributed by atoms with van der Waals surface area (Å²) in [5, 5.41) is 0. The molecular weight excluding hydrogens is 627 g/mol. The zero-order valence-electron chi connectivity index (χ0n) is 30.6. The van der Waals surface area contributed by atoms with Gasteiger partial charge in [-0.1, -0.05) is 90.2 Å². The number of fused-ring (bicyclic) bond motifs is 1. The number of ether oxygens (including phenoxy) is 4. The summed E-state index contributed by atoms with van der Waals surface area (Å²) >= 11 is 1.73. The Morgan fingerprint density at radius 3 is 1.59 bits per heavy atom. The number of unbranched alkanes of at least 4 members (excludes halogenated alkanes) is 10. The topological polar surface area (TPSA) is 40.2 Å². The summed E-state index contributed by atoms with van der Waals surface area (Å²) in [6.07, 6.45) is 15.1. The Balaban J connectivity index is 1.36. The van der Waals surface area contributed by atoms with Gasteiger partial charge in [0.05, 0.1) is 18.1 Å². The minimum absolute atomic E-state index is 0.581. The first-order chi connectivity index (χ1) is 24.0. The molecule has 49 heavy (non-hydrogen) atoms. The second-order valence-corrected chi connectivity index (χ2v) is 14.6. The average molecular weight is 684 g/mol. The van der Waals surface area contributed by atoms with Crippen LogP contribution < -0.4 is 23.8 Å². The lowest BCUT2D eigenvalue weighted by Gasteiger charge is -2.29. The van der Waals surface area contributed by atoms with E-state index in [1.54, 1.807) is 11.3 Å². The van der Waals surface area contributed by atoms with E-state index in [2.05, 4.69) is 100 Å². The summed E-state index contributed by atoms with van der Waals surface area (Å²) in [5.41, 5.74) is 6.82. The summed E-state index contributed by atoms with van der Waals surface area (Å²) in [7, 11) is 0. The van der Waals surface area contributed by atoms with Crippen LogP contribution in [-0.2, 0) is 0 Å². The molecule has 3 aromatic carbocycles. The third kappa shape index (κ3) is 9.97. The number of rotatable bonds is 20. The van der Waals surface area contributed by atoms with E-state index in [9.17, 15) is 0 Å². The van der Waals surface area contributed by atoms with Crippen LogP contribution in [0.3, 0.4) is 0 Å². The van der Waals surface area contributed by atoms with Crippen LogP contribution in [0.1, 0.15) is 107 Å². The fourth-order valence-corrected chi connectivity index (χ4v) is 7.59. The largest absolute Gasteiger partial charge is 0.494 e. The van der Waals surface area contributed by atoms with Crippen LogP contribution in [0.15, 0.2) is 60.7 Å². The summed E-state index contributed by atoms with van der Waals surface area (Å²) in [6, 6.07) is 21.8. The highest BCUT2D eigenvalue weighted by molar-refractivity contribution is 7.16. The number of thiophene rings is 1. The lowest BCUT2D eigenvalue weighted by Crippen LogP contribution is -2.15. The number of hydrogen-bond acceptors (Lipinski definition) is 6. The first kappa shape index (κ1) is 36.6. The molecule has 4 aromatic rings. The van der Waals surface area contributed by atoms with Gasteiger partial charge in [0.15, 0.2) is 11.5 Å². The van der Waals surface area contributed by atoms with Crippen LogP contribution in [-0.4, -0.2) is 26.4 Å². The molecule has 0 spiro atoms. The van der Waals surface area contributed by atoms with Crippen LogP contribution >= 0.6 is 11.3 Å². The highest BCUT2D eigenvalue weighted by atomic mass is 32.1. The van der Waals surface area contributed by atoms with E-state index in [1.807, 2.05) is 0 Å². The van der Waals surface area contributed by atoms with Gasteiger partial charge in [-0.05, 0) is 98.8 Å². The Labute approximate surface area is 299 Å². The quantitative estimate of drug-likeness (QED) is 0.0867. The normalized spacial score (nSPS) is 12.3. The van der Waals surface area contributed by atoms with Crippen LogP contribution in [0, 0.1) is 20.8 Å². The molecular formula is C43H57NO4S. The Bertz CT molecular complexity index is 1530. The van der Waals surface area contributed by atoms with E-state index in [1.165, 1.54) is 75.3 Å². The molecule has 0 radical (unpaired) electrons. The van der Waals surface area contributed by atoms with Gasteiger partial charge in [-0.15, -0.1) is 11.3 Å².